The van der Waals surface area contributed by atoms with Crippen molar-refractivity contribution in [3.05, 3.63) is 23.2 Å². The number of benzene rings is 1. The lowest BCUT2D eigenvalue weighted by molar-refractivity contribution is -0.139. The molecular weight excluding hydrogens is 318 g/mol. The number of ether oxygens (including phenoxy) is 3. The number of nitrogens with one attached hydrogen (secondary N) is 1. The van der Waals surface area contributed by atoms with Crippen molar-refractivity contribution in [1.29, 1.82) is 0 Å². The van der Waals surface area contributed by atoms with E-state index in [-0.39, 0.29) is 5.91 Å². The Bertz CT molecular complexity index is 509. The normalized spacial score (nSPS) is 13.4. The van der Waals surface area contributed by atoms with Crippen LogP contribution in [0.3, 0.4) is 0 Å². The summed E-state index contributed by atoms with van der Waals surface area (Å²) in [5.41, 5.74) is -0.241. The fourth-order valence-electron chi connectivity index (χ4n) is 1.85. The van der Waals surface area contributed by atoms with E-state index in [0.717, 1.165) is 6.42 Å². The van der Waals surface area contributed by atoms with Gasteiger partial charge in [-0.1, -0.05) is 25.4 Å². The van der Waals surface area contributed by atoms with Crippen LogP contribution in [0.4, 0.5) is 5.69 Å². The van der Waals surface area contributed by atoms with Crippen molar-refractivity contribution in [3.63, 3.8) is 0 Å². The number of carbonyl (C=O) groups excluding carboxylic acids is 1. The number of anilines is 1. The molecule has 1 aromatic rings. The fraction of sp³-hybridized carbons (Fsp3) is 0.588. The molecule has 23 heavy (non-hydrogen) atoms. The van der Waals surface area contributed by atoms with E-state index < -0.39 is 5.60 Å². The van der Waals surface area contributed by atoms with Crippen LogP contribution in [0.15, 0.2) is 18.2 Å². The Hall–Kier alpha value is -1.30. The van der Waals surface area contributed by atoms with Gasteiger partial charge in [0.25, 0.3) is 5.91 Å². The molecule has 0 radical (unpaired) electrons. The van der Waals surface area contributed by atoms with E-state index in [0.29, 0.717) is 42.7 Å². The van der Waals surface area contributed by atoms with Gasteiger partial charge >= 0.3 is 0 Å². The van der Waals surface area contributed by atoms with E-state index in [1.165, 1.54) is 0 Å². The van der Waals surface area contributed by atoms with Crippen molar-refractivity contribution in [3.8, 4) is 5.75 Å². The third-order valence-electron chi connectivity index (χ3n) is 3.51. The topological polar surface area (TPSA) is 56.8 Å². The number of hydrogen-bond donors (Lipinski definition) is 1. The molecule has 6 heteroatoms. The van der Waals surface area contributed by atoms with E-state index in [9.17, 15) is 4.79 Å². The Labute approximate surface area is 143 Å². The summed E-state index contributed by atoms with van der Waals surface area (Å²) < 4.78 is 16.1. The van der Waals surface area contributed by atoms with Crippen molar-refractivity contribution in [2.45, 2.75) is 39.2 Å². The highest BCUT2D eigenvalue weighted by Crippen LogP contribution is 2.28. The number of hydrogen-bond acceptors (Lipinski definition) is 4. The van der Waals surface area contributed by atoms with Gasteiger partial charge in [0, 0.05) is 19.4 Å². The molecule has 0 aliphatic heterocycles. The first-order valence-electron chi connectivity index (χ1n) is 7.83. The Morgan fingerprint density at radius 3 is 2.57 bits per heavy atom. The van der Waals surface area contributed by atoms with Gasteiger partial charge in [0.15, 0.2) is 0 Å². The van der Waals surface area contributed by atoms with Gasteiger partial charge in [0.1, 0.15) is 18.0 Å². The van der Waals surface area contributed by atoms with Crippen LogP contribution in [-0.4, -0.2) is 38.4 Å². The number of halogens is 1. The summed E-state index contributed by atoms with van der Waals surface area (Å²) in [6, 6.07) is 5.14. The lowest BCUT2D eigenvalue weighted by Gasteiger charge is -2.27. The maximum absolute atomic E-state index is 12.5. The quantitative estimate of drug-likeness (QED) is 0.655. The van der Waals surface area contributed by atoms with Crippen LogP contribution < -0.4 is 10.1 Å². The molecule has 130 valence electrons. The molecule has 0 aliphatic carbocycles. The number of amides is 1. The smallest absolute Gasteiger partial charge is 0.256 e. The maximum atomic E-state index is 12.5. The van der Waals surface area contributed by atoms with Crippen molar-refractivity contribution in [1.82, 2.24) is 0 Å². The number of methoxy groups -OCH3 is 1. The summed E-state index contributed by atoms with van der Waals surface area (Å²) in [4.78, 5) is 12.5. The highest BCUT2D eigenvalue weighted by atomic mass is 35.5. The van der Waals surface area contributed by atoms with Gasteiger partial charge in [-0.05, 0) is 38.0 Å². The molecule has 1 amide bonds. The van der Waals surface area contributed by atoms with E-state index >= 15 is 0 Å². The zero-order chi connectivity index (χ0) is 17.3. The van der Waals surface area contributed by atoms with Crippen molar-refractivity contribution in [2.24, 2.45) is 0 Å². The minimum absolute atomic E-state index is 0.183. The van der Waals surface area contributed by atoms with Gasteiger partial charge in [0.05, 0.1) is 11.6 Å². The lowest BCUT2D eigenvalue weighted by Crippen LogP contribution is -2.42. The second-order valence-corrected chi connectivity index (χ2v) is 5.78. The van der Waals surface area contributed by atoms with Crippen LogP contribution in [0.1, 0.15) is 33.6 Å². The fourth-order valence-corrected chi connectivity index (χ4v) is 2.08. The molecule has 0 aliphatic rings. The van der Waals surface area contributed by atoms with Gasteiger partial charge in [-0.3, -0.25) is 4.79 Å². The predicted octanol–water partition coefficient (Wildman–Crippen LogP) is 3.90. The second-order valence-electron chi connectivity index (χ2n) is 5.37. The number of rotatable bonds is 10. The van der Waals surface area contributed by atoms with Crippen LogP contribution >= 0.6 is 11.6 Å². The highest BCUT2D eigenvalue weighted by molar-refractivity contribution is 6.32. The van der Waals surface area contributed by atoms with Crippen molar-refractivity contribution >= 4 is 23.2 Å². The minimum Gasteiger partial charge on any atom is -0.490 e. The average molecular weight is 344 g/mol. The first kappa shape index (κ1) is 19.7. The second kappa shape index (κ2) is 9.75. The summed E-state index contributed by atoms with van der Waals surface area (Å²) >= 11 is 6.18. The molecule has 1 N–H and O–H groups in total. The SMILES string of the molecule is CCCOC(C)(CC)C(=O)Nc1ccc(OCCOC)c(Cl)c1. The van der Waals surface area contributed by atoms with Gasteiger partial charge in [-0.25, -0.2) is 0 Å². The zero-order valence-corrected chi connectivity index (χ0v) is 15.0. The summed E-state index contributed by atoms with van der Waals surface area (Å²) in [5, 5.41) is 3.29. The Morgan fingerprint density at radius 1 is 1.26 bits per heavy atom. The molecular formula is C17H26ClNO4. The van der Waals surface area contributed by atoms with Gasteiger partial charge in [0.2, 0.25) is 0 Å². The van der Waals surface area contributed by atoms with Gasteiger partial charge in [-0.2, -0.15) is 0 Å². The van der Waals surface area contributed by atoms with Crippen molar-refractivity contribution < 1.29 is 19.0 Å². The highest BCUT2D eigenvalue weighted by Gasteiger charge is 2.32. The molecule has 0 aromatic heterocycles. The molecule has 1 rings (SSSR count). The van der Waals surface area contributed by atoms with E-state index in [1.54, 1.807) is 32.2 Å². The third-order valence-corrected chi connectivity index (χ3v) is 3.81. The van der Waals surface area contributed by atoms with Crippen LogP contribution in [0.2, 0.25) is 5.02 Å². The van der Waals surface area contributed by atoms with Crippen LogP contribution in [0, 0.1) is 0 Å². The Kier molecular flexibility index (Phi) is 8.37. The molecule has 5 nitrogen and oxygen atoms in total. The van der Waals surface area contributed by atoms with E-state index in [1.807, 2.05) is 13.8 Å². The number of carbonyl (C=O) groups is 1. The summed E-state index contributed by atoms with van der Waals surface area (Å²) in [5.74, 6) is 0.375. The monoisotopic (exact) mass is 343 g/mol. The zero-order valence-electron chi connectivity index (χ0n) is 14.3. The maximum Gasteiger partial charge on any atom is 0.256 e. The van der Waals surface area contributed by atoms with Crippen LogP contribution in [-0.2, 0) is 14.3 Å². The molecule has 0 bridgehead atoms. The van der Waals surface area contributed by atoms with Crippen LogP contribution in [0.5, 0.6) is 5.75 Å². The Morgan fingerprint density at radius 2 is 2.00 bits per heavy atom. The van der Waals surface area contributed by atoms with E-state index in [4.69, 9.17) is 25.8 Å². The minimum atomic E-state index is -0.851. The average Bonchev–Trinajstić information content (AvgIpc) is 2.54. The molecule has 0 saturated carbocycles. The molecule has 0 heterocycles. The summed E-state index contributed by atoms with van der Waals surface area (Å²) in [6.45, 7) is 7.18. The molecule has 1 unspecified atom stereocenters. The van der Waals surface area contributed by atoms with Crippen molar-refractivity contribution in [2.75, 3.05) is 32.2 Å². The first-order chi connectivity index (χ1) is 11.0. The summed E-state index contributed by atoms with van der Waals surface area (Å²) in [7, 11) is 1.61. The first-order valence-corrected chi connectivity index (χ1v) is 8.21. The Balaban J connectivity index is 2.72. The largest absolute Gasteiger partial charge is 0.490 e. The molecule has 0 spiro atoms. The van der Waals surface area contributed by atoms with Gasteiger partial charge in [-0.15, -0.1) is 0 Å². The van der Waals surface area contributed by atoms with Gasteiger partial charge < -0.3 is 19.5 Å². The molecule has 0 saturated heterocycles. The molecule has 0 fully saturated rings. The molecule has 1 atom stereocenters. The van der Waals surface area contributed by atoms with Crippen LogP contribution in [0.25, 0.3) is 0 Å². The van der Waals surface area contributed by atoms with E-state index in [2.05, 4.69) is 5.32 Å². The third kappa shape index (κ3) is 6.01. The molecule has 1 aromatic carbocycles. The summed E-state index contributed by atoms with van der Waals surface area (Å²) in [6.07, 6.45) is 1.45. The standard InChI is InChI=1S/C17H26ClNO4/c1-5-9-23-17(3,6-2)16(20)19-13-7-8-15(14(18)12-13)22-11-10-21-4/h7-8,12H,5-6,9-11H2,1-4H3,(H,19,20). The lowest BCUT2D eigenvalue weighted by atomic mass is 10.0. The predicted molar refractivity (Wildman–Crippen MR) is 92.4 cm³/mol.